The molecule has 11 aromatic carbocycles. The summed E-state index contributed by atoms with van der Waals surface area (Å²) < 4.78 is 9.32. The minimum absolute atomic E-state index is 0.868. The first-order valence-corrected chi connectivity index (χ1v) is 22.3. The number of furan rings is 1. The smallest absolute Gasteiger partial charge is 0.143 e. The van der Waals surface area contributed by atoms with E-state index in [1.54, 1.807) is 0 Å². The second-order valence-corrected chi connectivity index (χ2v) is 17.5. The summed E-state index contributed by atoms with van der Waals surface area (Å²) in [6.07, 6.45) is 0. The summed E-state index contributed by atoms with van der Waals surface area (Å²) in [5, 5.41) is 12.4. The molecule has 2 nitrogen and oxygen atoms in total. The van der Waals surface area contributed by atoms with Gasteiger partial charge in [-0.25, -0.2) is 0 Å². The average Bonchev–Trinajstić information content (AvgIpc) is 3.92. The second kappa shape index (κ2) is 14.3. The van der Waals surface area contributed by atoms with E-state index in [2.05, 4.69) is 229 Å². The maximum atomic E-state index is 6.69. The molecule has 294 valence electrons. The zero-order chi connectivity index (χ0) is 41.4. The van der Waals surface area contributed by atoms with Crippen LogP contribution in [-0.4, -0.2) is 0 Å². The number of benzene rings is 11. The van der Waals surface area contributed by atoms with Crippen molar-refractivity contribution in [3.63, 3.8) is 0 Å². The first-order valence-electron chi connectivity index (χ1n) is 21.5. The number of hydrogen-bond donors (Lipinski definition) is 0. The number of fused-ring (bicyclic) bond motifs is 12. The molecule has 0 N–H and O–H groups in total. The summed E-state index contributed by atoms with van der Waals surface area (Å²) in [4.78, 5) is 2.41. The van der Waals surface area contributed by atoms with Crippen LogP contribution in [0.5, 0.6) is 0 Å². The summed E-state index contributed by atoms with van der Waals surface area (Å²) in [7, 11) is 0. The lowest BCUT2D eigenvalue weighted by atomic mass is 9.92. The number of thiophene rings is 1. The number of para-hydroxylation sites is 1. The van der Waals surface area contributed by atoms with Crippen molar-refractivity contribution in [3.05, 3.63) is 224 Å². The van der Waals surface area contributed by atoms with Gasteiger partial charge in [0.25, 0.3) is 0 Å². The SMILES string of the molecule is c1ccc(-c2cccc(-c3cccc(N(c4ccc5oc6c(-c7ccccc7)cccc6c5c4)c4ccc5c(c4)c4ccccc4c4cc6c(cc54)sc4ccccc46)c3)c2)cc1. The third-order valence-corrected chi connectivity index (χ3v) is 13.9. The summed E-state index contributed by atoms with van der Waals surface area (Å²) in [6, 6.07) is 81.7. The van der Waals surface area contributed by atoms with Crippen molar-refractivity contribution >= 4 is 103 Å². The first kappa shape index (κ1) is 35.7. The van der Waals surface area contributed by atoms with Gasteiger partial charge in [0.2, 0.25) is 0 Å². The van der Waals surface area contributed by atoms with Crippen LogP contribution in [0.4, 0.5) is 17.1 Å². The predicted octanol–water partition coefficient (Wildman–Crippen LogP) is 17.9. The van der Waals surface area contributed by atoms with Crippen LogP contribution < -0.4 is 4.90 Å². The van der Waals surface area contributed by atoms with Gasteiger partial charge in [0.1, 0.15) is 11.2 Å². The van der Waals surface area contributed by atoms with Crippen molar-refractivity contribution < 1.29 is 4.42 Å². The van der Waals surface area contributed by atoms with Crippen molar-refractivity contribution in [2.45, 2.75) is 0 Å². The van der Waals surface area contributed by atoms with Crippen LogP contribution in [0.2, 0.25) is 0 Å². The molecular formula is C60H37NOS. The number of anilines is 3. The van der Waals surface area contributed by atoms with Crippen LogP contribution in [-0.2, 0) is 0 Å². The molecular weight excluding hydrogens is 783 g/mol. The fourth-order valence-corrected chi connectivity index (χ4v) is 11.0. The highest BCUT2D eigenvalue weighted by atomic mass is 32.1. The van der Waals surface area contributed by atoms with Gasteiger partial charge in [-0.15, -0.1) is 11.3 Å². The molecule has 2 aromatic heterocycles. The Morgan fingerprint density at radius 2 is 0.825 bits per heavy atom. The molecule has 2 heterocycles. The molecule has 3 heteroatoms. The third kappa shape index (κ3) is 5.85. The molecule has 0 atom stereocenters. The second-order valence-electron chi connectivity index (χ2n) is 16.4. The van der Waals surface area contributed by atoms with Crippen LogP contribution in [0.15, 0.2) is 229 Å². The molecule has 13 aromatic rings. The van der Waals surface area contributed by atoms with Gasteiger partial charge in [-0.05, 0) is 127 Å². The Hall–Kier alpha value is -7.98. The fraction of sp³-hybridized carbons (Fsp3) is 0. The maximum Gasteiger partial charge on any atom is 0.143 e. The Balaban J connectivity index is 1.03. The largest absolute Gasteiger partial charge is 0.455 e. The van der Waals surface area contributed by atoms with E-state index >= 15 is 0 Å². The molecule has 0 fully saturated rings. The van der Waals surface area contributed by atoms with Crippen LogP contribution in [0, 0.1) is 0 Å². The van der Waals surface area contributed by atoms with Crippen molar-refractivity contribution in [1.82, 2.24) is 0 Å². The Morgan fingerprint density at radius 1 is 0.286 bits per heavy atom. The molecule has 0 aliphatic carbocycles. The predicted molar refractivity (Wildman–Crippen MR) is 270 cm³/mol. The van der Waals surface area contributed by atoms with E-state index in [1.165, 1.54) is 69.2 Å². The lowest BCUT2D eigenvalue weighted by molar-refractivity contribution is 0.670. The molecule has 0 bridgehead atoms. The molecule has 0 aliphatic heterocycles. The standard InChI is InChI=1S/C60H37NOS/c1-3-14-38(15-4-1)40-18-11-19-41(32-40)42-20-12-21-43(33-42)61(45-29-31-57-55(35-45)51-26-13-25-46(60(51)62-57)39-16-5-2-6-17-39)44-28-30-49-52(34-44)47-22-7-8-23-48(47)53-36-56-50-24-9-10-27-58(50)63-59(56)37-54(49)53/h1-37H. The topological polar surface area (TPSA) is 16.4 Å². The van der Waals surface area contributed by atoms with E-state index in [0.717, 1.165) is 55.7 Å². The quantitative estimate of drug-likeness (QED) is 0.155. The van der Waals surface area contributed by atoms with Crippen molar-refractivity contribution in [1.29, 1.82) is 0 Å². The van der Waals surface area contributed by atoms with E-state index in [0.29, 0.717) is 0 Å². The van der Waals surface area contributed by atoms with Crippen LogP contribution >= 0.6 is 11.3 Å². The van der Waals surface area contributed by atoms with Gasteiger partial charge in [-0.3, -0.25) is 0 Å². The van der Waals surface area contributed by atoms with Gasteiger partial charge < -0.3 is 9.32 Å². The minimum Gasteiger partial charge on any atom is -0.455 e. The Kier molecular flexibility index (Phi) is 8.12. The molecule has 0 aliphatic rings. The van der Waals surface area contributed by atoms with Gasteiger partial charge in [0, 0.05) is 53.6 Å². The first-order chi connectivity index (χ1) is 31.2. The molecule has 0 saturated heterocycles. The average molecular weight is 820 g/mol. The lowest BCUT2D eigenvalue weighted by Gasteiger charge is -2.27. The third-order valence-electron chi connectivity index (χ3n) is 12.8. The maximum absolute atomic E-state index is 6.69. The van der Waals surface area contributed by atoms with Crippen LogP contribution in [0.25, 0.3) is 108 Å². The zero-order valence-corrected chi connectivity index (χ0v) is 34.9. The van der Waals surface area contributed by atoms with Crippen LogP contribution in [0.3, 0.4) is 0 Å². The number of rotatable bonds is 6. The number of nitrogens with zero attached hydrogens (tertiary/aromatic N) is 1. The molecule has 0 unspecified atom stereocenters. The molecule has 13 rings (SSSR count). The van der Waals surface area contributed by atoms with Gasteiger partial charge in [-0.2, -0.15) is 0 Å². The number of hydrogen-bond acceptors (Lipinski definition) is 3. The highest BCUT2D eigenvalue weighted by Crippen LogP contribution is 2.46. The summed E-state index contributed by atoms with van der Waals surface area (Å²) in [5.74, 6) is 0. The van der Waals surface area contributed by atoms with Crippen molar-refractivity contribution in [3.8, 4) is 33.4 Å². The summed E-state index contributed by atoms with van der Waals surface area (Å²) >= 11 is 1.88. The van der Waals surface area contributed by atoms with Crippen LogP contribution in [0.1, 0.15) is 0 Å². The molecule has 0 saturated carbocycles. The van der Waals surface area contributed by atoms with E-state index in [1.807, 2.05) is 11.3 Å². The van der Waals surface area contributed by atoms with E-state index in [4.69, 9.17) is 4.42 Å². The molecule has 63 heavy (non-hydrogen) atoms. The van der Waals surface area contributed by atoms with E-state index in [9.17, 15) is 0 Å². The van der Waals surface area contributed by atoms with Crippen molar-refractivity contribution in [2.24, 2.45) is 0 Å². The Bertz CT molecular complexity index is 3920. The highest BCUT2D eigenvalue weighted by molar-refractivity contribution is 7.25. The molecule has 0 amide bonds. The minimum atomic E-state index is 0.868. The van der Waals surface area contributed by atoms with E-state index in [-0.39, 0.29) is 0 Å². The summed E-state index contributed by atoms with van der Waals surface area (Å²) in [5.41, 5.74) is 12.0. The normalized spacial score (nSPS) is 11.8. The van der Waals surface area contributed by atoms with Gasteiger partial charge >= 0.3 is 0 Å². The van der Waals surface area contributed by atoms with Gasteiger partial charge in [0.05, 0.1) is 0 Å². The van der Waals surface area contributed by atoms with Gasteiger partial charge in [0.15, 0.2) is 0 Å². The Labute approximate surface area is 368 Å². The lowest BCUT2D eigenvalue weighted by Crippen LogP contribution is -2.10. The van der Waals surface area contributed by atoms with Gasteiger partial charge in [-0.1, -0.05) is 158 Å². The fourth-order valence-electron chi connectivity index (χ4n) is 9.85. The van der Waals surface area contributed by atoms with Crippen molar-refractivity contribution in [2.75, 3.05) is 4.90 Å². The molecule has 0 spiro atoms. The Morgan fingerprint density at radius 3 is 1.62 bits per heavy atom. The molecule has 0 radical (unpaired) electrons. The zero-order valence-electron chi connectivity index (χ0n) is 34.1. The highest BCUT2D eigenvalue weighted by Gasteiger charge is 2.20. The van der Waals surface area contributed by atoms with E-state index < -0.39 is 0 Å². The monoisotopic (exact) mass is 819 g/mol. The summed E-state index contributed by atoms with van der Waals surface area (Å²) in [6.45, 7) is 0.